The lowest BCUT2D eigenvalue weighted by molar-refractivity contribution is -0.0202. The van der Waals surface area contributed by atoms with Crippen LogP contribution in [0.25, 0.3) is 11.3 Å². The van der Waals surface area contributed by atoms with Crippen molar-refractivity contribution in [2.75, 3.05) is 17.2 Å². The molecule has 3 aromatic heterocycles. The quantitative estimate of drug-likeness (QED) is 0.199. The van der Waals surface area contributed by atoms with Gasteiger partial charge in [-0.15, -0.1) is 0 Å². The molecule has 45 heavy (non-hydrogen) atoms. The van der Waals surface area contributed by atoms with E-state index >= 15 is 0 Å². The fourth-order valence-corrected chi connectivity index (χ4v) is 6.15. The van der Waals surface area contributed by atoms with Crippen molar-refractivity contribution in [3.05, 3.63) is 90.1 Å². The summed E-state index contributed by atoms with van der Waals surface area (Å²) in [5.74, 6) is -0.110. The molecule has 0 radical (unpaired) electrons. The molecule has 0 unspecified atom stereocenters. The number of sulfonamides is 1. The van der Waals surface area contributed by atoms with E-state index in [1.807, 2.05) is 49.1 Å². The summed E-state index contributed by atoms with van der Waals surface area (Å²) in [6, 6.07) is 20.8. The number of aromatic nitrogens is 3. The lowest BCUT2D eigenvalue weighted by Gasteiger charge is -2.29. The van der Waals surface area contributed by atoms with Crippen molar-refractivity contribution < 1.29 is 25.5 Å². The van der Waals surface area contributed by atoms with Crippen molar-refractivity contribution >= 4 is 27.6 Å². The van der Waals surface area contributed by atoms with Crippen molar-refractivity contribution in [2.45, 2.75) is 63.1 Å². The predicted octanol–water partition coefficient (Wildman–Crippen LogP) is 4.38. The number of carbonyl (C=O) groups excluding carboxylic acids is 1. The van der Waals surface area contributed by atoms with Gasteiger partial charge in [-0.05, 0) is 69.5 Å². The molecule has 1 amide bonds. The highest BCUT2D eigenvalue weighted by Gasteiger charge is 2.33. The van der Waals surface area contributed by atoms with Gasteiger partial charge in [-0.3, -0.25) is 10.5 Å². The summed E-state index contributed by atoms with van der Waals surface area (Å²) in [6.45, 7) is 6.37. The van der Waals surface area contributed by atoms with Crippen molar-refractivity contribution in [1.29, 1.82) is 0 Å². The van der Waals surface area contributed by atoms with Gasteiger partial charge in [0.15, 0.2) is 10.8 Å². The Hall–Kier alpha value is -4.59. The zero-order valence-electron chi connectivity index (χ0n) is 25.4. The molecule has 0 saturated carbocycles. The van der Waals surface area contributed by atoms with Crippen LogP contribution in [0, 0.1) is 0 Å². The summed E-state index contributed by atoms with van der Waals surface area (Å²) in [6.07, 6.45) is 3.41. The number of hydrogen-bond donors (Lipinski definition) is 3. The van der Waals surface area contributed by atoms with Crippen LogP contribution in [0.2, 0.25) is 0 Å². The van der Waals surface area contributed by atoms with E-state index in [4.69, 9.17) is 25.9 Å². The molecule has 13 heteroatoms. The molecule has 0 aliphatic carbocycles. The van der Waals surface area contributed by atoms with E-state index < -0.39 is 21.7 Å². The minimum absolute atomic E-state index is 0. The molecule has 1 fully saturated rings. The first kappa shape index (κ1) is 31.8. The van der Waals surface area contributed by atoms with Crippen molar-refractivity contribution in [1.82, 2.24) is 19.7 Å². The Bertz CT molecular complexity index is 1750. The summed E-state index contributed by atoms with van der Waals surface area (Å²) in [5.41, 5.74) is 13.2. The number of anilines is 2. The van der Waals surface area contributed by atoms with Gasteiger partial charge in [-0.1, -0.05) is 36.4 Å². The zero-order chi connectivity index (χ0) is 32.2. The van der Waals surface area contributed by atoms with Gasteiger partial charge >= 0.3 is 0 Å². The lowest BCUT2D eigenvalue weighted by atomic mass is 10.1. The van der Waals surface area contributed by atoms with E-state index in [9.17, 15) is 13.2 Å². The molecule has 12 nitrogen and oxygen atoms in total. The number of pyridine rings is 3. The Morgan fingerprint density at radius 3 is 2.42 bits per heavy atom. The number of amides is 1. The number of nitrogens with two attached hydrogens (primary N) is 2. The lowest BCUT2D eigenvalue weighted by Crippen LogP contribution is -2.47. The standard InChI is InChI=1S/C32H37N7O5S.2H2/c1-21-12-13-22(2)39(21)30-25(31(40)38-45(41,42)29-11-7-10-27(33)37-29)15-16-26(36-30)24-14-17-28(35-18-24)44-32(3,34)20-43-19-23-8-5-4-6-9-23;;/h4-11,14-18,21-22H,12-13,19-20,34H2,1-3H3,(H2,33,37)(H,38,40);2*1H/t21-,22+,32-;;/m1../s1. The van der Waals surface area contributed by atoms with Gasteiger partial charge in [0.2, 0.25) is 5.88 Å². The number of rotatable bonds is 11. The molecule has 3 atom stereocenters. The van der Waals surface area contributed by atoms with E-state index in [0.29, 0.717) is 29.6 Å². The third-order valence-corrected chi connectivity index (χ3v) is 8.67. The first-order valence-corrected chi connectivity index (χ1v) is 16.1. The Labute approximate surface area is 265 Å². The number of benzene rings is 1. The summed E-state index contributed by atoms with van der Waals surface area (Å²) < 4.78 is 39.7. The van der Waals surface area contributed by atoms with Crippen LogP contribution in [0.15, 0.2) is 84.0 Å². The summed E-state index contributed by atoms with van der Waals surface area (Å²) in [7, 11) is -4.28. The number of ether oxygens (including phenoxy) is 2. The molecule has 5 N–H and O–H groups in total. The number of nitrogens with one attached hydrogen (secondary N) is 1. The van der Waals surface area contributed by atoms with Crippen molar-refractivity contribution in [3.63, 3.8) is 0 Å². The molecule has 4 heterocycles. The van der Waals surface area contributed by atoms with E-state index in [0.717, 1.165) is 18.4 Å². The molecule has 240 valence electrons. The monoisotopic (exact) mass is 635 g/mol. The normalized spacial score (nSPS) is 17.9. The highest BCUT2D eigenvalue weighted by molar-refractivity contribution is 7.90. The fourth-order valence-electron chi connectivity index (χ4n) is 5.21. The Kier molecular flexibility index (Phi) is 9.32. The highest BCUT2D eigenvalue weighted by Crippen LogP contribution is 2.33. The van der Waals surface area contributed by atoms with E-state index in [-0.39, 0.29) is 38.0 Å². The molecule has 1 aromatic carbocycles. The zero-order valence-corrected chi connectivity index (χ0v) is 26.2. The Morgan fingerprint density at radius 2 is 1.76 bits per heavy atom. The molecule has 4 aromatic rings. The number of nitrogens with zero attached hydrogens (tertiary/aromatic N) is 4. The first-order chi connectivity index (χ1) is 21.4. The molecular formula is C32H41N7O5S. The highest BCUT2D eigenvalue weighted by atomic mass is 32.2. The molecule has 0 bridgehead atoms. The van der Waals surface area contributed by atoms with Crippen molar-refractivity contribution in [3.8, 4) is 17.1 Å². The van der Waals surface area contributed by atoms with E-state index in [1.54, 1.807) is 37.4 Å². The first-order valence-electron chi connectivity index (χ1n) is 14.6. The van der Waals surface area contributed by atoms with E-state index in [1.165, 1.54) is 18.2 Å². The van der Waals surface area contributed by atoms with Gasteiger partial charge in [0, 0.05) is 32.8 Å². The largest absolute Gasteiger partial charge is 0.454 e. The Balaban J connectivity index is 0.00000300. The minimum atomic E-state index is -4.28. The topological polar surface area (TPSA) is 176 Å². The predicted molar refractivity (Wildman–Crippen MR) is 175 cm³/mol. The molecule has 5 rings (SSSR count). The number of carbonyl (C=O) groups is 1. The average Bonchev–Trinajstić information content (AvgIpc) is 3.34. The number of hydrogen-bond acceptors (Lipinski definition) is 11. The maximum absolute atomic E-state index is 13.4. The van der Waals surface area contributed by atoms with Gasteiger partial charge in [0.1, 0.15) is 18.2 Å². The second-order valence-corrected chi connectivity index (χ2v) is 13.0. The van der Waals surface area contributed by atoms with Crippen LogP contribution in [-0.2, 0) is 21.4 Å². The molecule has 1 aliphatic rings. The smallest absolute Gasteiger partial charge is 0.281 e. The van der Waals surface area contributed by atoms with Gasteiger partial charge in [-0.2, -0.15) is 8.42 Å². The fraction of sp³-hybridized carbons (Fsp3) is 0.312. The van der Waals surface area contributed by atoms with Crippen LogP contribution >= 0.6 is 0 Å². The minimum Gasteiger partial charge on any atom is -0.454 e. The summed E-state index contributed by atoms with van der Waals surface area (Å²) in [4.78, 5) is 28.6. The van der Waals surface area contributed by atoms with Crippen LogP contribution in [0.5, 0.6) is 5.88 Å². The average molecular weight is 636 g/mol. The van der Waals surface area contributed by atoms with Crippen LogP contribution in [-0.4, -0.2) is 53.7 Å². The molecule has 0 spiro atoms. The van der Waals surface area contributed by atoms with Crippen LogP contribution in [0.1, 0.15) is 52.4 Å². The maximum atomic E-state index is 13.4. The van der Waals surface area contributed by atoms with Gasteiger partial charge in [-0.25, -0.2) is 19.7 Å². The second kappa shape index (κ2) is 13.2. The van der Waals surface area contributed by atoms with Gasteiger partial charge < -0.3 is 20.1 Å². The SMILES string of the molecule is C[C@@H]1CC[C@H](C)N1c1nc(-c2ccc(O[C@@](C)(N)COCc3ccccc3)nc2)ccc1C(=O)NS(=O)(=O)c1cccc(N)n1.[HH].[HH]. The summed E-state index contributed by atoms with van der Waals surface area (Å²) >= 11 is 0. The Morgan fingerprint density at radius 1 is 1.02 bits per heavy atom. The van der Waals surface area contributed by atoms with E-state index in [2.05, 4.69) is 14.7 Å². The van der Waals surface area contributed by atoms with Gasteiger partial charge in [0.25, 0.3) is 15.9 Å². The molecule has 1 saturated heterocycles. The van der Waals surface area contributed by atoms with Gasteiger partial charge in [0.05, 0.1) is 17.9 Å². The van der Waals surface area contributed by atoms with Crippen LogP contribution in [0.4, 0.5) is 11.6 Å². The number of nitrogen functional groups attached to an aromatic ring is 1. The van der Waals surface area contributed by atoms with Crippen LogP contribution in [0.3, 0.4) is 0 Å². The van der Waals surface area contributed by atoms with Crippen LogP contribution < -0.4 is 25.8 Å². The third-order valence-electron chi connectivity index (χ3n) is 7.43. The van der Waals surface area contributed by atoms with Crippen molar-refractivity contribution in [2.24, 2.45) is 5.73 Å². The summed E-state index contributed by atoms with van der Waals surface area (Å²) in [5, 5.41) is -0.352. The molecular weight excluding hydrogens is 594 g/mol. The maximum Gasteiger partial charge on any atom is 0.281 e. The third kappa shape index (κ3) is 7.74. The second-order valence-electron chi connectivity index (χ2n) is 11.4. The molecule has 1 aliphatic heterocycles.